The fraction of sp³-hybridized carbons (Fsp3) is 0.821. The second kappa shape index (κ2) is 21.6. The van der Waals surface area contributed by atoms with Gasteiger partial charge in [0.2, 0.25) is 23.6 Å². The summed E-state index contributed by atoms with van der Waals surface area (Å²) >= 11 is 0. The van der Waals surface area contributed by atoms with Crippen LogP contribution in [0.5, 0.6) is 0 Å². The molecule has 1 aliphatic heterocycles. The number of unbranched alkanes of at least 4 members (excludes halogenated alkanes) is 1. The van der Waals surface area contributed by atoms with Crippen LogP contribution in [0.3, 0.4) is 0 Å². The van der Waals surface area contributed by atoms with Crippen molar-refractivity contribution in [3.8, 4) is 0 Å². The maximum atomic E-state index is 13.5. The van der Waals surface area contributed by atoms with Crippen molar-refractivity contribution < 1.29 is 29.4 Å². The molecule has 16 heteroatoms. The van der Waals surface area contributed by atoms with Crippen LogP contribution in [0.4, 0.5) is 0 Å². The van der Waals surface area contributed by atoms with Gasteiger partial charge in [0, 0.05) is 19.1 Å². The molecule has 0 radical (unpaired) electrons. The summed E-state index contributed by atoms with van der Waals surface area (Å²) in [7, 11) is 0. The Morgan fingerprint density at radius 1 is 0.932 bits per heavy atom. The van der Waals surface area contributed by atoms with Crippen molar-refractivity contribution in [2.75, 3.05) is 32.8 Å². The highest BCUT2D eigenvalue weighted by Crippen LogP contribution is 2.12. The Kier molecular flexibility index (Phi) is 19.1. The average Bonchev–Trinajstić information content (AvgIpc) is 3.52. The standard InChI is InChI=1S/C28H56N10O6/c1-17(2)15-20(24(41)34-12-4-3-11-29)36-27(44)23(22(40)10-9-18(30)7-5-14-35-28(31)32)38-26(43)21(16-39)37-25(42)19-8-6-13-33-19/h17-23,33,39-40H,3-16,29-30H2,1-2H3,(H,34,41)(H,36,44)(H,37,42)(H,38,43)(H4,31,32,35)/t18-,19+,20-,21-,22-,23-/m0/s1. The minimum absolute atomic E-state index is 0.0433. The van der Waals surface area contributed by atoms with Gasteiger partial charge in [-0.05, 0) is 76.8 Å². The monoisotopic (exact) mass is 628 g/mol. The molecule has 0 aromatic carbocycles. The van der Waals surface area contributed by atoms with E-state index >= 15 is 0 Å². The topological polar surface area (TPSA) is 283 Å². The van der Waals surface area contributed by atoms with Crippen molar-refractivity contribution in [1.29, 1.82) is 5.41 Å². The van der Waals surface area contributed by atoms with E-state index < -0.39 is 60.5 Å². The average molecular weight is 629 g/mol. The number of nitrogens with two attached hydrogens (primary N) is 3. The Morgan fingerprint density at radius 3 is 2.23 bits per heavy atom. The molecule has 1 fully saturated rings. The number of guanidine groups is 1. The van der Waals surface area contributed by atoms with Gasteiger partial charge >= 0.3 is 0 Å². The number of carbonyl (C=O) groups is 4. The first-order valence-corrected chi connectivity index (χ1v) is 15.6. The Labute approximate surface area is 260 Å². The van der Waals surface area contributed by atoms with E-state index in [1.165, 1.54) is 0 Å². The molecule has 1 heterocycles. The maximum Gasteiger partial charge on any atom is 0.245 e. The molecule has 254 valence electrons. The molecule has 0 saturated carbocycles. The van der Waals surface area contributed by atoms with Gasteiger partial charge in [-0.15, -0.1) is 0 Å². The summed E-state index contributed by atoms with van der Waals surface area (Å²) in [4.78, 5) is 52.2. The van der Waals surface area contributed by atoms with Crippen LogP contribution in [-0.4, -0.2) is 109 Å². The zero-order valence-electron chi connectivity index (χ0n) is 26.2. The Hall–Kier alpha value is -3.05. The second-order valence-corrected chi connectivity index (χ2v) is 11.7. The first-order chi connectivity index (χ1) is 20.9. The molecule has 44 heavy (non-hydrogen) atoms. The summed E-state index contributed by atoms with van der Waals surface area (Å²) in [6.07, 6.45) is 3.27. The number of rotatable bonds is 22. The third-order valence-electron chi connectivity index (χ3n) is 7.33. The van der Waals surface area contributed by atoms with E-state index in [-0.39, 0.29) is 24.3 Å². The van der Waals surface area contributed by atoms with E-state index in [0.717, 1.165) is 12.8 Å². The number of amides is 4. The maximum absolute atomic E-state index is 13.5. The van der Waals surface area contributed by atoms with Crippen LogP contribution in [0.2, 0.25) is 0 Å². The van der Waals surface area contributed by atoms with Crippen molar-refractivity contribution in [2.45, 2.75) is 108 Å². The van der Waals surface area contributed by atoms with Crippen molar-refractivity contribution in [2.24, 2.45) is 23.1 Å². The van der Waals surface area contributed by atoms with Gasteiger partial charge in [-0.3, -0.25) is 24.6 Å². The summed E-state index contributed by atoms with van der Waals surface area (Å²) in [5.74, 6) is -2.59. The highest BCUT2D eigenvalue weighted by molar-refractivity contribution is 5.95. The van der Waals surface area contributed by atoms with E-state index in [4.69, 9.17) is 22.6 Å². The normalized spacial score (nSPS) is 18.0. The van der Waals surface area contributed by atoms with Crippen LogP contribution in [-0.2, 0) is 19.2 Å². The van der Waals surface area contributed by atoms with E-state index in [1.807, 2.05) is 13.8 Å². The molecule has 4 amide bonds. The number of aliphatic hydroxyl groups is 2. The SMILES string of the molecule is CC(C)C[C@H](NC(=O)[C@@H](NC(=O)[C@H](CO)NC(=O)[C@H]1CCCN1)[C@@H](O)CC[C@@H](N)CCCNC(=N)N)C(=O)NCCCCN. The molecule has 0 unspecified atom stereocenters. The lowest BCUT2D eigenvalue weighted by molar-refractivity contribution is -0.137. The zero-order chi connectivity index (χ0) is 33.1. The van der Waals surface area contributed by atoms with E-state index in [1.54, 1.807) is 0 Å². The van der Waals surface area contributed by atoms with Crippen LogP contribution in [0, 0.1) is 11.3 Å². The lowest BCUT2D eigenvalue weighted by atomic mass is 9.98. The Bertz CT molecular complexity index is 902. The molecule has 0 bridgehead atoms. The van der Waals surface area contributed by atoms with Gasteiger partial charge in [-0.1, -0.05) is 13.8 Å². The number of hydrogen-bond acceptors (Lipinski definition) is 10. The predicted molar refractivity (Wildman–Crippen MR) is 167 cm³/mol. The predicted octanol–water partition coefficient (Wildman–Crippen LogP) is -3.18. The van der Waals surface area contributed by atoms with Gasteiger partial charge < -0.3 is 59.3 Å². The largest absolute Gasteiger partial charge is 0.394 e. The molecule has 1 saturated heterocycles. The van der Waals surface area contributed by atoms with Crippen molar-refractivity contribution >= 4 is 29.6 Å². The molecule has 0 aromatic rings. The quantitative estimate of drug-likeness (QED) is 0.0322. The number of carbonyl (C=O) groups excluding carboxylic acids is 4. The lowest BCUT2D eigenvalue weighted by Gasteiger charge is -2.29. The van der Waals surface area contributed by atoms with Gasteiger partial charge in [0.05, 0.1) is 18.8 Å². The first-order valence-electron chi connectivity index (χ1n) is 15.6. The van der Waals surface area contributed by atoms with Crippen molar-refractivity contribution in [3.05, 3.63) is 0 Å². The third-order valence-corrected chi connectivity index (χ3v) is 7.33. The third kappa shape index (κ3) is 15.6. The summed E-state index contributed by atoms with van der Waals surface area (Å²) in [6, 6.07) is -4.61. The van der Waals surface area contributed by atoms with Crippen LogP contribution < -0.4 is 49.1 Å². The van der Waals surface area contributed by atoms with Crippen molar-refractivity contribution in [3.63, 3.8) is 0 Å². The van der Waals surface area contributed by atoms with Crippen LogP contribution in [0.1, 0.15) is 71.6 Å². The van der Waals surface area contributed by atoms with Gasteiger partial charge in [0.25, 0.3) is 0 Å². The van der Waals surface area contributed by atoms with Crippen LogP contribution in [0.15, 0.2) is 0 Å². The molecular formula is C28H56N10O6. The minimum Gasteiger partial charge on any atom is -0.394 e. The van der Waals surface area contributed by atoms with Crippen molar-refractivity contribution in [1.82, 2.24) is 31.9 Å². The van der Waals surface area contributed by atoms with E-state index in [0.29, 0.717) is 64.7 Å². The zero-order valence-corrected chi connectivity index (χ0v) is 26.2. The summed E-state index contributed by atoms with van der Waals surface area (Å²) < 4.78 is 0. The molecule has 1 aliphatic rings. The molecule has 16 nitrogen and oxygen atoms in total. The summed E-state index contributed by atoms with van der Waals surface area (Å²) in [5.41, 5.74) is 17.0. The number of hydrogen-bond donors (Lipinski definition) is 12. The van der Waals surface area contributed by atoms with Gasteiger partial charge in [0.15, 0.2) is 5.96 Å². The van der Waals surface area contributed by atoms with Crippen LogP contribution >= 0.6 is 0 Å². The van der Waals surface area contributed by atoms with Crippen LogP contribution in [0.25, 0.3) is 0 Å². The molecule has 0 aliphatic carbocycles. The Morgan fingerprint density at radius 2 is 1.64 bits per heavy atom. The first kappa shape index (κ1) is 39.0. The summed E-state index contributed by atoms with van der Waals surface area (Å²) in [6.45, 7) is 5.07. The molecule has 6 atom stereocenters. The fourth-order valence-electron chi connectivity index (χ4n) is 4.82. The van der Waals surface area contributed by atoms with E-state index in [2.05, 4.69) is 31.9 Å². The molecule has 1 rings (SSSR count). The fourth-order valence-corrected chi connectivity index (χ4v) is 4.82. The second-order valence-electron chi connectivity index (χ2n) is 11.7. The summed E-state index contributed by atoms with van der Waals surface area (Å²) in [5, 5.41) is 44.3. The van der Waals surface area contributed by atoms with Gasteiger partial charge in [0.1, 0.15) is 18.1 Å². The van der Waals surface area contributed by atoms with Gasteiger partial charge in [-0.25, -0.2) is 0 Å². The molecule has 15 N–H and O–H groups in total. The molecule has 0 aromatic heterocycles. The van der Waals surface area contributed by atoms with Gasteiger partial charge in [-0.2, -0.15) is 0 Å². The number of nitrogens with one attached hydrogen (secondary N) is 7. The highest BCUT2D eigenvalue weighted by atomic mass is 16.3. The smallest absolute Gasteiger partial charge is 0.245 e. The molecular weight excluding hydrogens is 572 g/mol. The molecule has 0 spiro atoms. The number of aliphatic hydroxyl groups excluding tert-OH is 2. The van der Waals surface area contributed by atoms with E-state index in [9.17, 15) is 29.4 Å². The lowest BCUT2D eigenvalue weighted by Crippen LogP contribution is -2.61. The minimum atomic E-state index is -1.50. The Balaban J connectivity index is 3.01. The highest BCUT2D eigenvalue weighted by Gasteiger charge is 2.35.